The number of hydrogen-bond acceptors (Lipinski definition) is 4. The van der Waals surface area contributed by atoms with Gasteiger partial charge in [0, 0.05) is 25.8 Å². The van der Waals surface area contributed by atoms with E-state index < -0.39 is 23.8 Å². The molecule has 2 atom stereocenters. The van der Waals surface area contributed by atoms with Crippen LogP contribution in [-0.2, 0) is 20.8 Å². The van der Waals surface area contributed by atoms with Crippen LogP contribution in [0.2, 0.25) is 0 Å². The topological polar surface area (TPSA) is 108 Å². The van der Waals surface area contributed by atoms with Crippen molar-refractivity contribution in [1.29, 1.82) is 0 Å². The van der Waals surface area contributed by atoms with E-state index in [0.29, 0.717) is 6.42 Å². The van der Waals surface area contributed by atoms with Gasteiger partial charge in [0.05, 0.1) is 0 Å². The van der Waals surface area contributed by atoms with Crippen LogP contribution in [0.5, 0.6) is 0 Å². The van der Waals surface area contributed by atoms with Gasteiger partial charge in [-0.05, 0) is 5.56 Å². The smallest absolute Gasteiger partial charge is 0.244 e. The number of nitrogens with one attached hydrogen (secondary N) is 3. The van der Waals surface area contributed by atoms with Gasteiger partial charge in [0.2, 0.25) is 17.7 Å². The molecule has 4 N–H and O–H groups in total. The first kappa shape index (κ1) is 17.6. The molecule has 120 valence electrons. The van der Waals surface area contributed by atoms with Crippen molar-refractivity contribution in [2.24, 2.45) is 5.92 Å². The molecular weight excluding hydrogens is 286 g/mol. The van der Waals surface area contributed by atoms with Gasteiger partial charge in [-0.15, -0.1) is 0 Å². The minimum absolute atomic E-state index is 0.159. The summed E-state index contributed by atoms with van der Waals surface area (Å²) in [6, 6.07) is 8.58. The lowest BCUT2D eigenvalue weighted by Gasteiger charge is -2.19. The van der Waals surface area contributed by atoms with E-state index >= 15 is 0 Å². The lowest BCUT2D eigenvalue weighted by molar-refractivity contribution is -0.135. The molecule has 3 amide bonds. The van der Waals surface area contributed by atoms with Crippen molar-refractivity contribution in [3.63, 3.8) is 0 Å². The molecule has 0 spiro atoms. The van der Waals surface area contributed by atoms with Crippen molar-refractivity contribution in [2.75, 3.05) is 7.05 Å². The molecule has 0 unspecified atom stereocenters. The Morgan fingerprint density at radius 3 is 2.32 bits per heavy atom. The number of hydrogen-bond donors (Lipinski definition) is 4. The minimum Gasteiger partial charge on any atom is -0.357 e. The van der Waals surface area contributed by atoms with E-state index in [2.05, 4.69) is 10.6 Å². The fourth-order valence-corrected chi connectivity index (χ4v) is 1.96. The zero-order valence-corrected chi connectivity index (χ0v) is 12.6. The van der Waals surface area contributed by atoms with Crippen LogP contribution in [0.25, 0.3) is 0 Å². The maximum atomic E-state index is 12.1. The minimum atomic E-state index is -0.723. The molecule has 1 rings (SSSR count). The van der Waals surface area contributed by atoms with Crippen LogP contribution >= 0.6 is 0 Å². The van der Waals surface area contributed by atoms with Gasteiger partial charge in [-0.3, -0.25) is 19.6 Å². The summed E-state index contributed by atoms with van der Waals surface area (Å²) in [5, 5.41) is 13.6. The van der Waals surface area contributed by atoms with Crippen LogP contribution < -0.4 is 16.1 Å². The van der Waals surface area contributed by atoms with Gasteiger partial charge < -0.3 is 10.6 Å². The number of likely N-dealkylation sites (N-methyl/N-ethyl adjacent to an activating group) is 1. The largest absolute Gasteiger partial charge is 0.357 e. The lowest BCUT2D eigenvalue weighted by atomic mass is 10.0. The summed E-state index contributed by atoms with van der Waals surface area (Å²) >= 11 is 0. The molecule has 0 heterocycles. The predicted molar refractivity (Wildman–Crippen MR) is 79.9 cm³/mol. The van der Waals surface area contributed by atoms with Gasteiger partial charge in [0.15, 0.2) is 0 Å². The number of carbonyl (C=O) groups excluding carboxylic acids is 3. The molecule has 1 aromatic carbocycles. The number of rotatable bonds is 7. The van der Waals surface area contributed by atoms with Gasteiger partial charge in [-0.2, -0.15) is 0 Å². The Kier molecular flexibility index (Phi) is 7.04. The molecule has 0 saturated heterocycles. The molecule has 7 nitrogen and oxygen atoms in total. The van der Waals surface area contributed by atoms with Gasteiger partial charge in [0.25, 0.3) is 0 Å². The van der Waals surface area contributed by atoms with Gasteiger partial charge in [0.1, 0.15) is 6.04 Å². The van der Waals surface area contributed by atoms with Crippen molar-refractivity contribution in [3.05, 3.63) is 35.9 Å². The van der Waals surface area contributed by atoms with E-state index in [9.17, 15) is 14.4 Å². The van der Waals surface area contributed by atoms with Crippen LogP contribution in [0.15, 0.2) is 30.3 Å². The Bertz CT molecular complexity index is 519. The van der Waals surface area contributed by atoms with Crippen molar-refractivity contribution < 1.29 is 19.6 Å². The van der Waals surface area contributed by atoms with Gasteiger partial charge in [-0.25, -0.2) is 5.48 Å². The highest BCUT2D eigenvalue weighted by atomic mass is 16.5. The van der Waals surface area contributed by atoms with Crippen LogP contribution in [0.4, 0.5) is 0 Å². The standard InChI is InChI=1S/C15H21N3O4/c1-10(8-13(19)18-22)14(20)17-12(15(21)16-2)9-11-6-4-3-5-7-11/h3-7,10,12,22H,8-9H2,1-2H3,(H,16,21)(H,17,20)(H,18,19)/t10-,12+/m1/s1. The number of amides is 3. The Labute approximate surface area is 129 Å². The summed E-state index contributed by atoms with van der Waals surface area (Å²) in [4.78, 5) is 35.0. The predicted octanol–water partition coefficient (Wildman–Crippen LogP) is -0.00850. The SMILES string of the molecule is CNC(=O)[C@H](Cc1ccccc1)NC(=O)[C@H](C)CC(=O)NO. The van der Waals surface area contributed by atoms with Crippen LogP contribution in [-0.4, -0.2) is 36.0 Å². The Morgan fingerprint density at radius 1 is 1.14 bits per heavy atom. The molecule has 0 radical (unpaired) electrons. The molecule has 0 bridgehead atoms. The fourth-order valence-electron chi connectivity index (χ4n) is 1.96. The third kappa shape index (κ3) is 5.53. The second-order valence-electron chi connectivity index (χ2n) is 5.01. The van der Waals surface area contributed by atoms with Crippen molar-refractivity contribution >= 4 is 17.7 Å². The Balaban J connectivity index is 2.70. The van der Waals surface area contributed by atoms with Gasteiger partial charge >= 0.3 is 0 Å². The molecule has 7 heteroatoms. The Hall–Kier alpha value is -2.41. The third-order valence-corrected chi connectivity index (χ3v) is 3.23. The first-order chi connectivity index (χ1) is 10.5. The highest BCUT2D eigenvalue weighted by Crippen LogP contribution is 2.06. The summed E-state index contributed by atoms with van der Waals surface area (Å²) in [6.45, 7) is 1.55. The highest BCUT2D eigenvalue weighted by Gasteiger charge is 2.24. The van der Waals surface area contributed by atoms with E-state index in [0.717, 1.165) is 5.56 Å². The van der Waals surface area contributed by atoms with Crippen LogP contribution in [0.1, 0.15) is 18.9 Å². The van der Waals surface area contributed by atoms with Crippen molar-refractivity contribution in [2.45, 2.75) is 25.8 Å². The summed E-state index contributed by atoms with van der Waals surface area (Å²) < 4.78 is 0. The molecular formula is C15H21N3O4. The molecule has 0 aliphatic rings. The van der Waals surface area contributed by atoms with Crippen LogP contribution in [0.3, 0.4) is 0 Å². The van der Waals surface area contributed by atoms with E-state index in [1.807, 2.05) is 30.3 Å². The van der Waals surface area contributed by atoms with Gasteiger partial charge in [-0.1, -0.05) is 37.3 Å². The van der Waals surface area contributed by atoms with Crippen LogP contribution in [0, 0.1) is 5.92 Å². The summed E-state index contributed by atoms with van der Waals surface area (Å²) in [7, 11) is 1.50. The van der Waals surface area contributed by atoms with E-state index in [1.54, 1.807) is 6.92 Å². The van der Waals surface area contributed by atoms with E-state index in [4.69, 9.17) is 5.21 Å². The average molecular weight is 307 g/mol. The highest BCUT2D eigenvalue weighted by molar-refractivity contribution is 5.90. The maximum Gasteiger partial charge on any atom is 0.244 e. The van der Waals surface area contributed by atoms with E-state index in [1.165, 1.54) is 12.5 Å². The molecule has 0 fully saturated rings. The normalized spacial score (nSPS) is 12.9. The first-order valence-corrected chi connectivity index (χ1v) is 6.96. The molecule has 0 aromatic heterocycles. The summed E-state index contributed by atoms with van der Waals surface area (Å²) in [5.74, 6) is -2.04. The summed E-state index contributed by atoms with van der Waals surface area (Å²) in [6.07, 6.45) is 0.194. The second-order valence-corrected chi connectivity index (χ2v) is 5.01. The maximum absolute atomic E-state index is 12.1. The third-order valence-electron chi connectivity index (χ3n) is 3.23. The van der Waals surface area contributed by atoms with E-state index in [-0.39, 0.29) is 12.3 Å². The lowest BCUT2D eigenvalue weighted by Crippen LogP contribution is -2.48. The zero-order valence-electron chi connectivity index (χ0n) is 12.6. The molecule has 1 aromatic rings. The zero-order chi connectivity index (χ0) is 16.5. The second kappa shape index (κ2) is 8.78. The molecule has 0 aliphatic heterocycles. The fraction of sp³-hybridized carbons (Fsp3) is 0.400. The van der Waals surface area contributed by atoms with Crippen molar-refractivity contribution in [3.8, 4) is 0 Å². The quantitative estimate of drug-likeness (QED) is 0.420. The first-order valence-electron chi connectivity index (χ1n) is 6.96. The number of benzene rings is 1. The van der Waals surface area contributed by atoms with Crippen molar-refractivity contribution in [1.82, 2.24) is 16.1 Å². The molecule has 22 heavy (non-hydrogen) atoms. The molecule has 0 saturated carbocycles. The Morgan fingerprint density at radius 2 is 1.77 bits per heavy atom. The monoisotopic (exact) mass is 307 g/mol. The average Bonchev–Trinajstić information content (AvgIpc) is 2.54. The molecule has 0 aliphatic carbocycles. The number of carbonyl (C=O) groups is 3. The summed E-state index contributed by atoms with van der Waals surface area (Å²) in [5.41, 5.74) is 2.39. The number of hydroxylamine groups is 1.